The predicted molar refractivity (Wildman–Crippen MR) is 107 cm³/mol. The third kappa shape index (κ3) is 4.80. The van der Waals surface area contributed by atoms with Crippen molar-refractivity contribution in [3.8, 4) is 0 Å². The first-order chi connectivity index (χ1) is 12.2. The Bertz CT molecular complexity index is 735. The monoisotopic (exact) mass is 354 g/mol. The maximum Gasteiger partial charge on any atom is 0.185 e. The fourth-order valence-corrected chi connectivity index (χ4v) is 3.95. The highest BCUT2D eigenvalue weighted by atomic mass is 32.1. The van der Waals surface area contributed by atoms with E-state index in [1.807, 2.05) is 18.2 Å². The summed E-state index contributed by atoms with van der Waals surface area (Å²) in [6.45, 7) is 4.49. The average molecular weight is 355 g/mol. The van der Waals surface area contributed by atoms with E-state index in [2.05, 4.69) is 59.9 Å². The van der Waals surface area contributed by atoms with E-state index in [9.17, 15) is 5.11 Å². The number of hydrogen-bond acceptors (Lipinski definition) is 4. The second-order valence-corrected chi connectivity index (χ2v) is 7.49. The molecule has 0 amide bonds. The van der Waals surface area contributed by atoms with Gasteiger partial charge in [-0.3, -0.25) is 0 Å². The molecular weight excluding hydrogens is 328 g/mol. The minimum atomic E-state index is -0.585. The second kappa shape index (κ2) is 8.45. The first kappa shape index (κ1) is 17.9. The van der Waals surface area contributed by atoms with Gasteiger partial charge < -0.3 is 10.4 Å². The van der Waals surface area contributed by atoms with Gasteiger partial charge in [0.25, 0.3) is 0 Å². The van der Waals surface area contributed by atoms with Crippen LogP contribution in [0.15, 0.2) is 53.9 Å². The van der Waals surface area contributed by atoms with Crippen molar-refractivity contribution >= 4 is 22.0 Å². The van der Waals surface area contributed by atoms with Crippen molar-refractivity contribution in [2.75, 3.05) is 5.32 Å². The SMILES string of the molecule is CCC1C=CC(c2csc(NC(O)CCc3ccccc3)n2)=CC1C. The summed E-state index contributed by atoms with van der Waals surface area (Å²) in [4.78, 5) is 4.64. The Morgan fingerprint density at radius 1 is 1.28 bits per heavy atom. The Morgan fingerprint density at radius 3 is 2.80 bits per heavy atom. The van der Waals surface area contributed by atoms with Crippen molar-refractivity contribution in [3.05, 3.63) is 65.2 Å². The van der Waals surface area contributed by atoms with Crippen LogP contribution in [0.25, 0.3) is 5.57 Å². The highest BCUT2D eigenvalue weighted by Crippen LogP contribution is 2.31. The van der Waals surface area contributed by atoms with E-state index in [1.54, 1.807) is 11.3 Å². The highest BCUT2D eigenvalue weighted by molar-refractivity contribution is 7.13. The number of aryl methyl sites for hydroxylation is 1. The molecule has 1 aliphatic carbocycles. The van der Waals surface area contributed by atoms with Crippen LogP contribution in [-0.4, -0.2) is 16.3 Å². The number of aliphatic hydroxyl groups excluding tert-OH is 1. The molecule has 0 saturated heterocycles. The normalized spacial score (nSPS) is 21.0. The van der Waals surface area contributed by atoms with Crippen molar-refractivity contribution in [3.63, 3.8) is 0 Å². The number of anilines is 1. The molecule has 1 heterocycles. The third-order valence-electron chi connectivity index (χ3n) is 4.75. The zero-order valence-electron chi connectivity index (χ0n) is 14.9. The van der Waals surface area contributed by atoms with Gasteiger partial charge in [-0.15, -0.1) is 11.3 Å². The number of hydrogen-bond donors (Lipinski definition) is 2. The van der Waals surface area contributed by atoms with Crippen LogP contribution < -0.4 is 5.32 Å². The number of thiazole rings is 1. The molecule has 0 bridgehead atoms. The molecule has 0 saturated carbocycles. The lowest BCUT2D eigenvalue weighted by molar-refractivity contribution is 0.193. The Hall–Kier alpha value is -1.91. The van der Waals surface area contributed by atoms with Crippen molar-refractivity contribution in [2.45, 2.75) is 39.3 Å². The maximum atomic E-state index is 10.2. The number of rotatable bonds is 7. The second-order valence-electron chi connectivity index (χ2n) is 6.63. The summed E-state index contributed by atoms with van der Waals surface area (Å²) >= 11 is 1.54. The highest BCUT2D eigenvalue weighted by Gasteiger charge is 2.17. The van der Waals surface area contributed by atoms with Crippen LogP contribution in [0.1, 0.15) is 37.9 Å². The largest absolute Gasteiger partial charge is 0.374 e. The summed E-state index contributed by atoms with van der Waals surface area (Å²) in [5.74, 6) is 1.17. The molecule has 3 nitrogen and oxygen atoms in total. The Kier molecular flexibility index (Phi) is 6.05. The minimum Gasteiger partial charge on any atom is -0.374 e. The van der Waals surface area contributed by atoms with E-state index >= 15 is 0 Å². The van der Waals surface area contributed by atoms with Crippen LogP contribution in [-0.2, 0) is 6.42 Å². The van der Waals surface area contributed by atoms with Gasteiger partial charge in [0.2, 0.25) is 0 Å². The molecule has 1 aromatic heterocycles. The maximum absolute atomic E-state index is 10.2. The summed E-state index contributed by atoms with van der Waals surface area (Å²) in [6, 6.07) is 10.2. The number of nitrogens with zero attached hydrogens (tertiary/aromatic N) is 1. The zero-order chi connectivity index (χ0) is 17.6. The van der Waals surface area contributed by atoms with Crippen LogP contribution in [0.3, 0.4) is 0 Å². The molecule has 132 valence electrons. The van der Waals surface area contributed by atoms with Gasteiger partial charge in [-0.05, 0) is 42.2 Å². The number of nitrogens with one attached hydrogen (secondary N) is 1. The van der Waals surface area contributed by atoms with Gasteiger partial charge in [0.1, 0.15) is 6.23 Å². The van der Waals surface area contributed by atoms with E-state index in [0.29, 0.717) is 18.3 Å². The zero-order valence-corrected chi connectivity index (χ0v) is 15.7. The fraction of sp³-hybridized carbons (Fsp3) is 0.381. The molecule has 1 aromatic carbocycles. The summed E-state index contributed by atoms with van der Waals surface area (Å²) in [5, 5.41) is 16.2. The summed E-state index contributed by atoms with van der Waals surface area (Å²) in [7, 11) is 0. The molecule has 0 aliphatic heterocycles. The number of benzene rings is 1. The van der Waals surface area contributed by atoms with Gasteiger partial charge >= 0.3 is 0 Å². The van der Waals surface area contributed by atoms with Crippen LogP contribution in [0.5, 0.6) is 0 Å². The molecule has 0 fully saturated rings. The standard InChI is InChI=1S/C21H26N2OS/c1-3-17-10-11-18(13-15(17)2)19-14-25-21(22-19)23-20(24)12-9-16-7-5-4-6-8-16/h4-8,10-11,13-15,17,20,24H,3,9,12H2,1-2H3,(H,22,23). The molecule has 25 heavy (non-hydrogen) atoms. The van der Waals surface area contributed by atoms with Crippen LogP contribution >= 0.6 is 11.3 Å². The van der Waals surface area contributed by atoms with Gasteiger partial charge in [-0.1, -0.05) is 62.4 Å². The van der Waals surface area contributed by atoms with Gasteiger partial charge in [0.05, 0.1) is 5.69 Å². The van der Waals surface area contributed by atoms with E-state index in [0.717, 1.165) is 17.2 Å². The molecule has 4 heteroatoms. The molecule has 3 atom stereocenters. The van der Waals surface area contributed by atoms with Crippen LogP contribution in [0, 0.1) is 11.8 Å². The smallest absolute Gasteiger partial charge is 0.185 e. The fourth-order valence-electron chi connectivity index (χ4n) is 3.18. The molecule has 3 unspecified atom stereocenters. The Morgan fingerprint density at radius 2 is 2.08 bits per heavy atom. The first-order valence-corrected chi connectivity index (χ1v) is 9.88. The minimum absolute atomic E-state index is 0.541. The van der Waals surface area contributed by atoms with E-state index in [4.69, 9.17) is 0 Å². The average Bonchev–Trinajstić information content (AvgIpc) is 3.09. The lowest BCUT2D eigenvalue weighted by atomic mass is 9.85. The summed E-state index contributed by atoms with van der Waals surface area (Å²) < 4.78 is 0. The molecule has 3 rings (SSSR count). The Balaban J connectivity index is 1.56. The van der Waals surface area contributed by atoms with Crippen molar-refractivity contribution in [2.24, 2.45) is 11.8 Å². The quantitative estimate of drug-likeness (QED) is 0.678. The van der Waals surface area contributed by atoms with Gasteiger partial charge in [0, 0.05) is 5.38 Å². The third-order valence-corrected chi connectivity index (χ3v) is 5.52. The lowest BCUT2D eigenvalue weighted by Crippen LogP contribution is -2.19. The van der Waals surface area contributed by atoms with Crippen molar-refractivity contribution in [1.29, 1.82) is 0 Å². The summed E-state index contributed by atoms with van der Waals surface area (Å²) in [6.07, 6.45) is 8.87. The van der Waals surface area contributed by atoms with Crippen molar-refractivity contribution < 1.29 is 5.11 Å². The van der Waals surface area contributed by atoms with Crippen LogP contribution in [0.4, 0.5) is 5.13 Å². The first-order valence-electron chi connectivity index (χ1n) is 9.00. The molecule has 2 N–H and O–H groups in total. The number of aliphatic hydroxyl groups is 1. The molecule has 2 aromatic rings. The predicted octanol–water partition coefficient (Wildman–Crippen LogP) is 5.12. The van der Waals surface area contributed by atoms with Gasteiger partial charge in [-0.2, -0.15) is 0 Å². The molecule has 0 spiro atoms. The molecular formula is C21H26N2OS. The van der Waals surface area contributed by atoms with Crippen molar-refractivity contribution in [1.82, 2.24) is 4.98 Å². The van der Waals surface area contributed by atoms with Gasteiger partial charge in [0.15, 0.2) is 5.13 Å². The Labute approximate surface area is 154 Å². The topological polar surface area (TPSA) is 45.1 Å². The molecule has 0 radical (unpaired) electrons. The molecule has 1 aliphatic rings. The number of aromatic nitrogens is 1. The van der Waals surface area contributed by atoms with E-state index in [1.165, 1.54) is 17.6 Å². The van der Waals surface area contributed by atoms with E-state index < -0.39 is 6.23 Å². The lowest BCUT2D eigenvalue weighted by Gasteiger charge is -2.20. The van der Waals surface area contributed by atoms with Crippen LogP contribution in [0.2, 0.25) is 0 Å². The summed E-state index contributed by atoms with van der Waals surface area (Å²) in [5.41, 5.74) is 3.40. The van der Waals surface area contributed by atoms with Gasteiger partial charge in [-0.25, -0.2) is 4.98 Å². The van der Waals surface area contributed by atoms with E-state index in [-0.39, 0.29) is 0 Å². The number of allylic oxidation sites excluding steroid dienone is 4.